The molecular formula is C18H27NO5S. The van der Waals surface area contributed by atoms with Gasteiger partial charge in [0.2, 0.25) is 10.0 Å². The van der Waals surface area contributed by atoms with Crippen molar-refractivity contribution in [1.29, 1.82) is 0 Å². The third-order valence-electron chi connectivity index (χ3n) is 3.96. The predicted octanol–water partition coefficient (Wildman–Crippen LogP) is 2.34. The molecular weight excluding hydrogens is 342 g/mol. The third-order valence-corrected chi connectivity index (χ3v) is 5.79. The molecule has 7 heteroatoms. The fourth-order valence-electron chi connectivity index (χ4n) is 2.73. The van der Waals surface area contributed by atoms with E-state index in [1.54, 1.807) is 37.3 Å². The molecule has 0 spiro atoms. The molecule has 2 atom stereocenters. The van der Waals surface area contributed by atoms with Crippen LogP contribution in [-0.2, 0) is 24.2 Å². The summed E-state index contributed by atoms with van der Waals surface area (Å²) < 4.78 is 44.6. The highest BCUT2D eigenvalue weighted by Gasteiger charge is 2.42. The molecule has 0 N–H and O–H groups in total. The van der Waals surface area contributed by atoms with Gasteiger partial charge in [0.1, 0.15) is 0 Å². The van der Waals surface area contributed by atoms with Gasteiger partial charge < -0.3 is 14.2 Å². The minimum absolute atomic E-state index is 0.111. The quantitative estimate of drug-likeness (QED) is 0.658. The largest absolute Gasteiger partial charge is 0.379 e. The predicted molar refractivity (Wildman–Crippen MR) is 95.9 cm³/mol. The van der Waals surface area contributed by atoms with E-state index >= 15 is 0 Å². The Labute approximate surface area is 150 Å². The average Bonchev–Trinajstić information content (AvgIpc) is 2.58. The molecule has 0 radical (unpaired) electrons. The van der Waals surface area contributed by atoms with Crippen LogP contribution >= 0.6 is 0 Å². The Morgan fingerprint density at radius 3 is 2.68 bits per heavy atom. The molecule has 0 aromatic heterocycles. The maximum Gasteiger partial charge on any atom is 0.243 e. The van der Waals surface area contributed by atoms with Crippen molar-refractivity contribution in [3.8, 4) is 0 Å². The number of hydrogen-bond donors (Lipinski definition) is 0. The van der Waals surface area contributed by atoms with E-state index in [1.165, 1.54) is 4.31 Å². The van der Waals surface area contributed by atoms with Crippen LogP contribution in [0.5, 0.6) is 0 Å². The van der Waals surface area contributed by atoms with E-state index in [4.69, 9.17) is 14.2 Å². The van der Waals surface area contributed by atoms with Crippen LogP contribution in [0.15, 0.2) is 41.8 Å². The van der Waals surface area contributed by atoms with Crippen LogP contribution in [0, 0.1) is 6.92 Å². The summed E-state index contributed by atoms with van der Waals surface area (Å²) >= 11 is 0. The lowest BCUT2D eigenvalue weighted by atomic mass is 10.2. The first-order valence-electron chi connectivity index (χ1n) is 8.38. The van der Waals surface area contributed by atoms with Gasteiger partial charge in [0, 0.05) is 13.2 Å². The summed E-state index contributed by atoms with van der Waals surface area (Å²) in [5.74, 6) is -1.05. The van der Waals surface area contributed by atoms with E-state index in [2.05, 4.69) is 6.58 Å². The summed E-state index contributed by atoms with van der Waals surface area (Å²) in [6, 6.07) is 6.83. The van der Waals surface area contributed by atoms with E-state index in [1.807, 2.05) is 13.8 Å². The molecule has 0 amide bonds. The van der Waals surface area contributed by atoms with Crippen LogP contribution in [0.3, 0.4) is 0 Å². The summed E-state index contributed by atoms with van der Waals surface area (Å²) in [5, 5.41) is 0. The first kappa shape index (κ1) is 20.1. The molecule has 2 rings (SSSR count). The number of ether oxygens (including phenoxy) is 3. The normalized spacial score (nSPS) is 25.0. The number of hydrogen-bond acceptors (Lipinski definition) is 5. The van der Waals surface area contributed by atoms with Gasteiger partial charge in [-0.15, -0.1) is 6.58 Å². The van der Waals surface area contributed by atoms with Crippen molar-refractivity contribution in [2.45, 2.75) is 37.6 Å². The smallest absolute Gasteiger partial charge is 0.243 e. The summed E-state index contributed by atoms with van der Waals surface area (Å²) in [7, 11) is -3.64. The van der Waals surface area contributed by atoms with Gasteiger partial charge in [0.05, 0.1) is 30.8 Å². The number of aryl methyl sites for hydroxylation is 1. The Bertz CT molecular complexity index is 673. The lowest BCUT2D eigenvalue weighted by molar-refractivity contribution is -0.274. The van der Waals surface area contributed by atoms with E-state index in [-0.39, 0.29) is 24.6 Å². The molecule has 0 saturated carbocycles. The van der Waals surface area contributed by atoms with E-state index in [0.717, 1.165) is 5.56 Å². The number of morpholine rings is 1. The number of nitrogens with zero attached hydrogens (tertiary/aromatic N) is 1. The first-order valence-corrected chi connectivity index (χ1v) is 9.82. The van der Waals surface area contributed by atoms with Gasteiger partial charge >= 0.3 is 0 Å². The SMILES string of the molecule is C=CCO[C@@]1(C)CN(S(=O)(=O)c2ccc(C)cc2)C[C@H](COCC)O1. The van der Waals surface area contributed by atoms with Crippen LogP contribution in [-0.4, -0.2) is 57.5 Å². The van der Waals surface area contributed by atoms with Gasteiger partial charge in [-0.05, 0) is 32.9 Å². The maximum absolute atomic E-state index is 13.0. The van der Waals surface area contributed by atoms with Crippen LogP contribution in [0.25, 0.3) is 0 Å². The van der Waals surface area contributed by atoms with Crippen LogP contribution in [0.1, 0.15) is 19.4 Å². The van der Waals surface area contributed by atoms with E-state index in [0.29, 0.717) is 13.2 Å². The van der Waals surface area contributed by atoms with Crippen molar-refractivity contribution in [1.82, 2.24) is 4.31 Å². The van der Waals surface area contributed by atoms with Crippen molar-refractivity contribution in [2.75, 3.05) is 32.9 Å². The third kappa shape index (κ3) is 5.12. The van der Waals surface area contributed by atoms with Gasteiger partial charge in [-0.3, -0.25) is 0 Å². The molecule has 0 aliphatic carbocycles. The standard InChI is InChI=1S/C18H27NO5S/c1-5-11-23-18(4)14-19(12-16(24-18)13-22-6-2)25(20,21)17-9-7-15(3)8-10-17/h5,7-10,16H,1,6,11-14H2,2-4H3/t16-,18-/m1/s1. The van der Waals surface area contributed by atoms with E-state index in [9.17, 15) is 8.42 Å². The summed E-state index contributed by atoms with van der Waals surface area (Å²) in [6.07, 6.45) is 1.21. The molecule has 6 nitrogen and oxygen atoms in total. The lowest BCUT2D eigenvalue weighted by Gasteiger charge is -2.43. The molecule has 1 aromatic carbocycles. The van der Waals surface area contributed by atoms with Crippen LogP contribution < -0.4 is 0 Å². The lowest BCUT2D eigenvalue weighted by Crippen LogP contribution is -2.58. The minimum Gasteiger partial charge on any atom is -0.379 e. The Morgan fingerprint density at radius 1 is 1.40 bits per heavy atom. The molecule has 0 unspecified atom stereocenters. The minimum atomic E-state index is -3.64. The second-order valence-electron chi connectivity index (χ2n) is 6.24. The summed E-state index contributed by atoms with van der Waals surface area (Å²) in [5.41, 5.74) is 1.01. The van der Waals surface area contributed by atoms with Gasteiger partial charge in [-0.2, -0.15) is 4.31 Å². The fraction of sp³-hybridized carbons (Fsp3) is 0.556. The molecule has 25 heavy (non-hydrogen) atoms. The highest BCUT2D eigenvalue weighted by atomic mass is 32.2. The Balaban J connectivity index is 2.26. The molecule has 1 aromatic rings. The molecule has 1 saturated heterocycles. The van der Waals surface area contributed by atoms with Gasteiger partial charge in [0.25, 0.3) is 0 Å². The van der Waals surface area contributed by atoms with Crippen molar-refractivity contribution in [2.24, 2.45) is 0 Å². The first-order chi connectivity index (χ1) is 11.8. The zero-order valence-electron chi connectivity index (χ0n) is 15.1. The number of rotatable bonds is 8. The zero-order valence-corrected chi connectivity index (χ0v) is 15.9. The summed E-state index contributed by atoms with van der Waals surface area (Å²) in [6.45, 7) is 10.6. The average molecular weight is 369 g/mol. The fourth-order valence-corrected chi connectivity index (χ4v) is 4.28. The molecule has 1 aliphatic heterocycles. The second kappa shape index (κ2) is 8.42. The highest BCUT2D eigenvalue weighted by Crippen LogP contribution is 2.28. The van der Waals surface area contributed by atoms with Crippen molar-refractivity contribution in [3.05, 3.63) is 42.5 Å². The van der Waals surface area contributed by atoms with E-state index < -0.39 is 21.9 Å². The Kier molecular flexibility index (Phi) is 6.76. The van der Waals surface area contributed by atoms with Gasteiger partial charge in [0.15, 0.2) is 5.79 Å². The topological polar surface area (TPSA) is 65.1 Å². The second-order valence-corrected chi connectivity index (χ2v) is 8.18. The molecule has 0 bridgehead atoms. The van der Waals surface area contributed by atoms with Gasteiger partial charge in [-0.1, -0.05) is 23.8 Å². The van der Waals surface area contributed by atoms with Crippen LogP contribution in [0.2, 0.25) is 0 Å². The molecule has 1 fully saturated rings. The number of benzene rings is 1. The molecule has 140 valence electrons. The van der Waals surface area contributed by atoms with Crippen LogP contribution in [0.4, 0.5) is 0 Å². The summed E-state index contributed by atoms with van der Waals surface area (Å²) in [4.78, 5) is 0.265. The van der Waals surface area contributed by atoms with Crippen molar-refractivity contribution < 1.29 is 22.6 Å². The zero-order chi connectivity index (χ0) is 18.5. The highest BCUT2D eigenvalue weighted by molar-refractivity contribution is 7.89. The van der Waals surface area contributed by atoms with Crippen molar-refractivity contribution >= 4 is 10.0 Å². The Morgan fingerprint density at radius 2 is 2.08 bits per heavy atom. The maximum atomic E-state index is 13.0. The molecule has 1 heterocycles. The van der Waals surface area contributed by atoms with Gasteiger partial charge in [-0.25, -0.2) is 8.42 Å². The Hall–Kier alpha value is -1.25. The number of sulfonamides is 1. The molecule has 1 aliphatic rings. The van der Waals surface area contributed by atoms with Crippen molar-refractivity contribution in [3.63, 3.8) is 0 Å². The monoisotopic (exact) mass is 369 g/mol.